The molecule has 0 amide bonds. The summed E-state index contributed by atoms with van der Waals surface area (Å²) in [5, 5.41) is 12.2. The third-order valence-corrected chi connectivity index (χ3v) is 2.07. The minimum atomic E-state index is -0.858. The van der Waals surface area contributed by atoms with Crippen LogP contribution in [-0.4, -0.2) is 11.1 Å². The maximum Gasteiger partial charge on any atom is 0.305 e. The second kappa shape index (κ2) is 5.13. The number of aliphatic carboxylic acids is 1. The molecule has 0 spiro atoms. The van der Waals surface area contributed by atoms with Crippen LogP contribution in [0.3, 0.4) is 0 Å². The van der Waals surface area contributed by atoms with E-state index in [4.69, 9.17) is 10.8 Å². The number of halogens is 1. The molecule has 0 bridgehead atoms. The summed E-state index contributed by atoms with van der Waals surface area (Å²) in [5.41, 5.74) is 6.47. The third-order valence-electron chi connectivity index (χ3n) is 1.37. The first-order valence-corrected chi connectivity index (χ1v) is 4.14. The number of rotatable bonds is 3. The van der Waals surface area contributed by atoms with E-state index in [1.54, 1.807) is 0 Å². The molecule has 1 aromatic heterocycles. The van der Waals surface area contributed by atoms with E-state index in [9.17, 15) is 4.79 Å². The molecule has 3 nitrogen and oxygen atoms in total. The van der Waals surface area contributed by atoms with Gasteiger partial charge >= 0.3 is 5.97 Å². The molecule has 12 heavy (non-hydrogen) atoms. The molecule has 3 N–H and O–H groups in total. The van der Waals surface area contributed by atoms with E-state index in [0.717, 1.165) is 5.56 Å². The van der Waals surface area contributed by atoms with Crippen LogP contribution in [0.4, 0.5) is 0 Å². The average Bonchev–Trinajstić information content (AvgIpc) is 2.35. The number of carboxylic acids is 1. The van der Waals surface area contributed by atoms with E-state index >= 15 is 0 Å². The molecule has 1 rings (SSSR count). The molecule has 0 unspecified atom stereocenters. The van der Waals surface area contributed by atoms with E-state index in [-0.39, 0.29) is 24.9 Å². The fraction of sp³-hybridized carbons (Fsp3) is 0.286. The Labute approximate surface area is 80.6 Å². The quantitative estimate of drug-likeness (QED) is 0.792. The van der Waals surface area contributed by atoms with Crippen molar-refractivity contribution in [1.29, 1.82) is 0 Å². The Balaban J connectivity index is 0.00000121. The zero-order chi connectivity index (χ0) is 8.27. The Morgan fingerprint density at radius 1 is 1.75 bits per heavy atom. The van der Waals surface area contributed by atoms with Gasteiger partial charge in [-0.05, 0) is 22.4 Å². The average molecular weight is 208 g/mol. The summed E-state index contributed by atoms with van der Waals surface area (Å²) in [7, 11) is 0. The molecule has 0 saturated heterocycles. The topological polar surface area (TPSA) is 63.3 Å². The summed E-state index contributed by atoms with van der Waals surface area (Å²) in [6.07, 6.45) is -0.00324. The minimum absolute atomic E-state index is 0. The Bertz CT molecular complexity index is 238. The highest BCUT2D eigenvalue weighted by Gasteiger charge is 2.09. The molecule has 0 aliphatic heterocycles. The van der Waals surface area contributed by atoms with E-state index in [2.05, 4.69) is 0 Å². The van der Waals surface area contributed by atoms with Crippen molar-refractivity contribution in [2.75, 3.05) is 0 Å². The van der Waals surface area contributed by atoms with E-state index in [1.165, 1.54) is 11.3 Å². The van der Waals surface area contributed by atoms with Gasteiger partial charge in [-0.2, -0.15) is 11.3 Å². The monoisotopic (exact) mass is 207 g/mol. The van der Waals surface area contributed by atoms with Gasteiger partial charge in [0.05, 0.1) is 6.42 Å². The highest BCUT2D eigenvalue weighted by Crippen LogP contribution is 2.16. The van der Waals surface area contributed by atoms with Crippen molar-refractivity contribution in [1.82, 2.24) is 0 Å². The summed E-state index contributed by atoms with van der Waals surface area (Å²) >= 11 is 1.52. The van der Waals surface area contributed by atoms with Gasteiger partial charge in [-0.1, -0.05) is 0 Å². The van der Waals surface area contributed by atoms with Crippen LogP contribution in [0.1, 0.15) is 18.0 Å². The second-order valence-corrected chi connectivity index (χ2v) is 3.04. The van der Waals surface area contributed by atoms with Crippen molar-refractivity contribution < 1.29 is 9.90 Å². The van der Waals surface area contributed by atoms with Gasteiger partial charge in [-0.15, -0.1) is 12.4 Å². The number of hydrogen-bond donors (Lipinski definition) is 2. The van der Waals surface area contributed by atoms with Gasteiger partial charge in [-0.3, -0.25) is 4.79 Å². The summed E-state index contributed by atoms with van der Waals surface area (Å²) in [6.45, 7) is 0. The maximum atomic E-state index is 10.2. The summed E-state index contributed by atoms with van der Waals surface area (Å²) in [5.74, 6) is -0.858. The van der Waals surface area contributed by atoms with Crippen molar-refractivity contribution in [2.45, 2.75) is 12.5 Å². The Hall–Kier alpha value is -0.580. The van der Waals surface area contributed by atoms with Gasteiger partial charge < -0.3 is 10.8 Å². The lowest BCUT2D eigenvalue weighted by atomic mass is 10.1. The molecular formula is C7H10ClNO2S. The zero-order valence-corrected chi connectivity index (χ0v) is 7.90. The number of hydrogen-bond acceptors (Lipinski definition) is 3. The SMILES string of the molecule is Cl.N[C@H](CC(=O)O)c1ccsc1. The van der Waals surface area contributed by atoms with Gasteiger partial charge in [-0.25, -0.2) is 0 Å². The van der Waals surface area contributed by atoms with Gasteiger partial charge in [0.25, 0.3) is 0 Å². The predicted octanol–water partition coefficient (Wildman–Crippen LogP) is 1.64. The van der Waals surface area contributed by atoms with Gasteiger partial charge in [0.1, 0.15) is 0 Å². The van der Waals surface area contributed by atoms with Crippen LogP contribution in [0.2, 0.25) is 0 Å². The van der Waals surface area contributed by atoms with Gasteiger partial charge in [0.2, 0.25) is 0 Å². The fourth-order valence-electron chi connectivity index (χ4n) is 0.792. The van der Waals surface area contributed by atoms with Crippen molar-refractivity contribution in [3.63, 3.8) is 0 Å². The lowest BCUT2D eigenvalue weighted by Gasteiger charge is -2.04. The molecule has 1 heterocycles. The molecule has 0 aliphatic carbocycles. The smallest absolute Gasteiger partial charge is 0.305 e. The molecule has 0 saturated carbocycles. The molecule has 0 radical (unpaired) electrons. The van der Waals surface area contributed by atoms with Crippen LogP contribution in [0.25, 0.3) is 0 Å². The highest BCUT2D eigenvalue weighted by atomic mass is 35.5. The Morgan fingerprint density at radius 2 is 2.42 bits per heavy atom. The predicted molar refractivity (Wildman–Crippen MR) is 50.7 cm³/mol. The minimum Gasteiger partial charge on any atom is -0.481 e. The molecule has 0 aromatic carbocycles. The fourth-order valence-corrected chi connectivity index (χ4v) is 1.52. The Kier molecular flexibility index (Phi) is 4.89. The zero-order valence-electron chi connectivity index (χ0n) is 6.27. The van der Waals surface area contributed by atoms with Crippen LogP contribution in [0, 0.1) is 0 Å². The normalized spacial score (nSPS) is 11.8. The lowest BCUT2D eigenvalue weighted by Crippen LogP contribution is -2.13. The second-order valence-electron chi connectivity index (χ2n) is 2.26. The molecule has 1 aromatic rings. The first kappa shape index (κ1) is 11.4. The van der Waals surface area contributed by atoms with Crippen molar-refractivity contribution in [3.05, 3.63) is 22.4 Å². The van der Waals surface area contributed by atoms with Gasteiger partial charge in [0.15, 0.2) is 0 Å². The van der Waals surface area contributed by atoms with Crippen molar-refractivity contribution in [2.24, 2.45) is 5.73 Å². The van der Waals surface area contributed by atoms with E-state index < -0.39 is 5.97 Å². The van der Waals surface area contributed by atoms with E-state index in [0.29, 0.717) is 0 Å². The first-order chi connectivity index (χ1) is 5.20. The molecule has 1 atom stereocenters. The molecular weight excluding hydrogens is 198 g/mol. The highest BCUT2D eigenvalue weighted by molar-refractivity contribution is 7.07. The number of carbonyl (C=O) groups is 1. The largest absolute Gasteiger partial charge is 0.481 e. The Morgan fingerprint density at radius 3 is 2.83 bits per heavy atom. The molecule has 68 valence electrons. The van der Waals surface area contributed by atoms with Crippen LogP contribution in [0.5, 0.6) is 0 Å². The summed E-state index contributed by atoms with van der Waals surface area (Å²) in [6, 6.07) is 1.48. The van der Waals surface area contributed by atoms with Crippen molar-refractivity contribution in [3.8, 4) is 0 Å². The third kappa shape index (κ3) is 3.21. The molecule has 5 heteroatoms. The number of nitrogens with two attached hydrogens (primary N) is 1. The van der Waals surface area contributed by atoms with Gasteiger partial charge in [0, 0.05) is 6.04 Å². The summed E-state index contributed by atoms with van der Waals surface area (Å²) < 4.78 is 0. The molecule has 0 fully saturated rings. The van der Waals surface area contributed by atoms with Crippen LogP contribution in [-0.2, 0) is 4.79 Å². The standard InChI is InChI=1S/C7H9NO2S.ClH/c8-6(3-7(9)10)5-1-2-11-4-5;/h1-2,4,6H,3,8H2,(H,9,10);1H/t6-;/m1./s1. The van der Waals surface area contributed by atoms with Crippen molar-refractivity contribution >= 4 is 29.7 Å². The molecule has 0 aliphatic rings. The number of carboxylic acid groups (broad SMARTS) is 1. The lowest BCUT2D eigenvalue weighted by molar-refractivity contribution is -0.137. The summed E-state index contributed by atoms with van der Waals surface area (Å²) in [4.78, 5) is 10.2. The van der Waals surface area contributed by atoms with Crippen LogP contribution < -0.4 is 5.73 Å². The van der Waals surface area contributed by atoms with E-state index in [1.807, 2.05) is 16.8 Å². The van der Waals surface area contributed by atoms with Crippen LogP contribution >= 0.6 is 23.7 Å². The van der Waals surface area contributed by atoms with Crippen LogP contribution in [0.15, 0.2) is 16.8 Å². The first-order valence-electron chi connectivity index (χ1n) is 3.19. The maximum absolute atomic E-state index is 10.2. The number of thiophene rings is 1.